The largest absolute Gasteiger partial charge is 0.480 e. The predicted molar refractivity (Wildman–Crippen MR) is 70.3 cm³/mol. The first-order valence-corrected chi connectivity index (χ1v) is 6.48. The Morgan fingerprint density at radius 2 is 2.00 bits per heavy atom. The number of ether oxygens (including phenoxy) is 2. The molecule has 0 unspecified atom stereocenters. The van der Waals surface area contributed by atoms with Crippen molar-refractivity contribution in [2.45, 2.75) is 25.7 Å². The van der Waals surface area contributed by atoms with Gasteiger partial charge in [-0.15, -0.1) is 0 Å². The molecule has 5 nitrogen and oxygen atoms in total. The van der Waals surface area contributed by atoms with Crippen LogP contribution in [0.5, 0.6) is 5.75 Å². The summed E-state index contributed by atoms with van der Waals surface area (Å²) in [6, 6.07) is 6.46. The first-order valence-electron chi connectivity index (χ1n) is 6.48. The topological polar surface area (TPSA) is 59.0 Å². The molecular formula is C14H17F2NO4. The van der Waals surface area contributed by atoms with Crippen LogP contribution >= 0.6 is 0 Å². The standard InChI is InChI=1S/C14H17F2NO4/c1-14(20-7-12(18)19)8-17(9-14)6-10-2-4-11(5-3-10)21-13(15)16/h2-5,13H,6-9H2,1H3,(H,18,19). The third kappa shape index (κ3) is 4.64. The number of carbonyl (C=O) groups is 1. The fourth-order valence-corrected chi connectivity index (χ4v) is 2.37. The van der Waals surface area contributed by atoms with Gasteiger partial charge in [0.15, 0.2) is 0 Å². The smallest absolute Gasteiger partial charge is 0.387 e. The second kappa shape index (κ2) is 6.36. The van der Waals surface area contributed by atoms with Gasteiger partial charge in [-0.05, 0) is 24.6 Å². The van der Waals surface area contributed by atoms with Crippen LogP contribution in [0.4, 0.5) is 8.78 Å². The lowest BCUT2D eigenvalue weighted by molar-refractivity contribution is -0.165. The van der Waals surface area contributed by atoms with E-state index in [0.717, 1.165) is 5.56 Å². The molecule has 0 spiro atoms. The number of carboxylic acids is 1. The van der Waals surface area contributed by atoms with E-state index in [4.69, 9.17) is 9.84 Å². The van der Waals surface area contributed by atoms with Crippen molar-refractivity contribution in [3.8, 4) is 5.75 Å². The molecule has 2 rings (SSSR count). The molecule has 0 bridgehead atoms. The molecule has 7 heteroatoms. The molecule has 21 heavy (non-hydrogen) atoms. The summed E-state index contributed by atoms with van der Waals surface area (Å²) in [5, 5.41) is 8.58. The van der Waals surface area contributed by atoms with Gasteiger partial charge >= 0.3 is 12.6 Å². The highest BCUT2D eigenvalue weighted by Crippen LogP contribution is 2.26. The van der Waals surface area contributed by atoms with Crippen molar-refractivity contribution < 1.29 is 28.2 Å². The van der Waals surface area contributed by atoms with Gasteiger partial charge in [-0.25, -0.2) is 4.79 Å². The van der Waals surface area contributed by atoms with Crippen molar-refractivity contribution in [3.63, 3.8) is 0 Å². The third-order valence-corrected chi connectivity index (χ3v) is 3.21. The van der Waals surface area contributed by atoms with Crippen LogP contribution in [-0.4, -0.2) is 47.9 Å². The number of hydrogen-bond donors (Lipinski definition) is 1. The van der Waals surface area contributed by atoms with Crippen molar-refractivity contribution in [2.24, 2.45) is 0 Å². The van der Waals surface area contributed by atoms with Gasteiger partial charge < -0.3 is 14.6 Å². The molecule has 1 aliphatic heterocycles. The summed E-state index contributed by atoms with van der Waals surface area (Å²) < 4.78 is 33.6. The lowest BCUT2D eigenvalue weighted by Crippen LogP contribution is -2.61. The van der Waals surface area contributed by atoms with Crippen molar-refractivity contribution in [1.82, 2.24) is 4.90 Å². The molecule has 0 aliphatic carbocycles. The third-order valence-electron chi connectivity index (χ3n) is 3.21. The Labute approximate surface area is 121 Å². The summed E-state index contributed by atoms with van der Waals surface area (Å²) in [5.74, 6) is -0.851. The summed E-state index contributed by atoms with van der Waals surface area (Å²) >= 11 is 0. The minimum atomic E-state index is -2.82. The van der Waals surface area contributed by atoms with Crippen molar-refractivity contribution in [2.75, 3.05) is 19.7 Å². The number of alkyl halides is 2. The Balaban J connectivity index is 1.78. The summed E-state index contributed by atoms with van der Waals surface area (Å²) in [6.45, 7) is 0.667. The molecule has 0 atom stereocenters. The SMILES string of the molecule is CC1(OCC(=O)O)CN(Cc2ccc(OC(F)F)cc2)C1. The maximum absolute atomic E-state index is 12.0. The fourth-order valence-electron chi connectivity index (χ4n) is 2.37. The van der Waals surface area contributed by atoms with E-state index in [1.807, 2.05) is 6.92 Å². The first-order chi connectivity index (χ1) is 9.86. The van der Waals surface area contributed by atoms with E-state index >= 15 is 0 Å². The lowest BCUT2D eigenvalue weighted by atomic mass is 9.95. The zero-order valence-electron chi connectivity index (χ0n) is 11.6. The number of likely N-dealkylation sites (tertiary alicyclic amines) is 1. The summed E-state index contributed by atoms with van der Waals surface area (Å²) in [6.07, 6.45) is 0. The van der Waals surface area contributed by atoms with E-state index in [1.165, 1.54) is 12.1 Å². The molecule has 116 valence electrons. The minimum Gasteiger partial charge on any atom is -0.480 e. The van der Waals surface area contributed by atoms with Gasteiger partial charge in [-0.1, -0.05) is 12.1 Å². The molecule has 0 amide bonds. The van der Waals surface area contributed by atoms with E-state index in [0.29, 0.717) is 19.6 Å². The Hall–Kier alpha value is -1.73. The Bertz CT molecular complexity index is 486. The van der Waals surface area contributed by atoms with Crippen LogP contribution in [-0.2, 0) is 16.1 Å². The van der Waals surface area contributed by atoms with Crippen LogP contribution in [0.2, 0.25) is 0 Å². The highest BCUT2D eigenvalue weighted by atomic mass is 19.3. The Morgan fingerprint density at radius 3 is 2.52 bits per heavy atom. The van der Waals surface area contributed by atoms with Crippen LogP contribution < -0.4 is 4.74 Å². The zero-order valence-corrected chi connectivity index (χ0v) is 11.6. The van der Waals surface area contributed by atoms with Gasteiger partial charge in [0, 0.05) is 19.6 Å². The van der Waals surface area contributed by atoms with E-state index in [9.17, 15) is 13.6 Å². The van der Waals surface area contributed by atoms with Crippen LogP contribution in [0.15, 0.2) is 24.3 Å². The predicted octanol–water partition coefficient (Wildman–Crippen LogP) is 1.96. The van der Waals surface area contributed by atoms with Crippen LogP contribution in [0, 0.1) is 0 Å². The number of benzene rings is 1. The highest BCUT2D eigenvalue weighted by molar-refractivity contribution is 5.68. The molecule has 0 saturated carbocycles. The minimum absolute atomic E-state index is 0.131. The number of nitrogens with zero attached hydrogens (tertiary/aromatic N) is 1. The molecule has 1 N–H and O–H groups in total. The zero-order chi connectivity index (χ0) is 15.5. The fraction of sp³-hybridized carbons (Fsp3) is 0.500. The molecule has 0 aromatic heterocycles. The van der Waals surface area contributed by atoms with Crippen molar-refractivity contribution in [3.05, 3.63) is 29.8 Å². The quantitative estimate of drug-likeness (QED) is 0.834. The Kier molecular flexibility index (Phi) is 4.74. The van der Waals surface area contributed by atoms with Gasteiger partial charge in [-0.3, -0.25) is 4.90 Å². The second-order valence-electron chi connectivity index (χ2n) is 5.30. The number of aliphatic carboxylic acids is 1. The summed E-state index contributed by atoms with van der Waals surface area (Å²) in [5.41, 5.74) is 0.536. The molecule has 0 radical (unpaired) electrons. The monoisotopic (exact) mass is 301 g/mol. The molecular weight excluding hydrogens is 284 g/mol. The summed E-state index contributed by atoms with van der Waals surface area (Å²) in [7, 11) is 0. The maximum atomic E-state index is 12.0. The molecule has 1 saturated heterocycles. The van der Waals surface area contributed by atoms with Crippen LogP contribution in [0.3, 0.4) is 0 Å². The number of carboxylic acid groups (broad SMARTS) is 1. The van der Waals surface area contributed by atoms with Gasteiger partial charge in [-0.2, -0.15) is 8.78 Å². The second-order valence-corrected chi connectivity index (χ2v) is 5.30. The molecule has 1 aromatic carbocycles. The lowest BCUT2D eigenvalue weighted by Gasteiger charge is -2.47. The van der Waals surface area contributed by atoms with Gasteiger partial charge in [0.1, 0.15) is 12.4 Å². The van der Waals surface area contributed by atoms with E-state index in [-0.39, 0.29) is 12.4 Å². The molecule has 1 heterocycles. The number of rotatable bonds is 7. The van der Waals surface area contributed by atoms with Gasteiger partial charge in [0.25, 0.3) is 0 Å². The van der Waals surface area contributed by atoms with Crippen LogP contribution in [0.25, 0.3) is 0 Å². The van der Waals surface area contributed by atoms with Gasteiger partial charge in [0.05, 0.1) is 5.60 Å². The Morgan fingerprint density at radius 1 is 1.38 bits per heavy atom. The van der Waals surface area contributed by atoms with Crippen molar-refractivity contribution in [1.29, 1.82) is 0 Å². The van der Waals surface area contributed by atoms with E-state index in [2.05, 4.69) is 9.64 Å². The average Bonchev–Trinajstić information content (AvgIpc) is 2.36. The summed E-state index contributed by atoms with van der Waals surface area (Å²) in [4.78, 5) is 12.6. The molecule has 1 aromatic rings. The highest BCUT2D eigenvalue weighted by Gasteiger charge is 2.39. The maximum Gasteiger partial charge on any atom is 0.387 e. The number of halogens is 2. The van der Waals surface area contributed by atoms with Gasteiger partial charge in [0.2, 0.25) is 0 Å². The first kappa shape index (κ1) is 15.7. The normalized spacial score (nSPS) is 17.5. The van der Waals surface area contributed by atoms with Crippen LogP contribution in [0.1, 0.15) is 12.5 Å². The average molecular weight is 301 g/mol. The van der Waals surface area contributed by atoms with Crippen molar-refractivity contribution >= 4 is 5.97 Å². The molecule has 1 fully saturated rings. The molecule has 1 aliphatic rings. The number of hydrogen-bond acceptors (Lipinski definition) is 4. The van der Waals surface area contributed by atoms with E-state index in [1.54, 1.807) is 12.1 Å². The van der Waals surface area contributed by atoms with E-state index < -0.39 is 18.2 Å².